The highest BCUT2D eigenvalue weighted by Gasteiger charge is 2.18. The highest BCUT2D eigenvalue weighted by Crippen LogP contribution is 2.24. The molecule has 7 heteroatoms. The molecular formula is C13H10F4N2O. The quantitative estimate of drug-likeness (QED) is 0.692. The Morgan fingerprint density at radius 3 is 2.25 bits per heavy atom. The van der Waals surface area contributed by atoms with Crippen LogP contribution in [-0.2, 0) is 6.54 Å². The highest BCUT2D eigenvalue weighted by atomic mass is 19.2. The van der Waals surface area contributed by atoms with E-state index in [-0.39, 0.29) is 12.6 Å². The Hall–Kier alpha value is -2.31. The van der Waals surface area contributed by atoms with Crippen LogP contribution in [-0.4, -0.2) is 12.1 Å². The molecule has 0 amide bonds. The van der Waals surface area contributed by atoms with Crippen molar-refractivity contribution < 1.29 is 22.3 Å². The summed E-state index contributed by atoms with van der Waals surface area (Å²) in [5.41, 5.74) is -0.285. The molecule has 0 aliphatic rings. The molecule has 0 saturated carbocycles. The van der Waals surface area contributed by atoms with E-state index in [0.29, 0.717) is 11.4 Å². The molecule has 0 spiro atoms. The van der Waals surface area contributed by atoms with Crippen molar-refractivity contribution in [3.05, 3.63) is 53.2 Å². The van der Waals surface area contributed by atoms with Gasteiger partial charge in [-0.15, -0.1) is 0 Å². The lowest BCUT2D eigenvalue weighted by atomic mass is 10.2. The highest BCUT2D eigenvalue weighted by molar-refractivity contribution is 5.47. The Labute approximate surface area is 112 Å². The number of hydrogen-bond donors (Lipinski definition) is 1. The molecule has 0 saturated heterocycles. The minimum atomic E-state index is -1.47. The molecule has 1 N–H and O–H groups in total. The molecule has 0 atom stereocenters. The molecule has 1 aromatic carbocycles. The second-order valence-corrected chi connectivity index (χ2v) is 3.91. The lowest BCUT2D eigenvalue weighted by molar-refractivity contribution is 0.397. The number of halogens is 4. The van der Waals surface area contributed by atoms with E-state index < -0.39 is 29.0 Å². The fraction of sp³-hybridized carbons (Fsp3) is 0.154. The second kappa shape index (κ2) is 5.77. The molecule has 2 rings (SSSR count). The molecular weight excluding hydrogens is 276 g/mol. The number of nitrogens with one attached hydrogen (secondary N) is 1. The van der Waals surface area contributed by atoms with Crippen LogP contribution >= 0.6 is 0 Å². The van der Waals surface area contributed by atoms with Crippen molar-refractivity contribution in [2.75, 3.05) is 12.4 Å². The van der Waals surface area contributed by atoms with E-state index in [4.69, 9.17) is 4.74 Å². The Kier molecular flexibility index (Phi) is 4.07. The van der Waals surface area contributed by atoms with Gasteiger partial charge < -0.3 is 10.1 Å². The van der Waals surface area contributed by atoms with Crippen LogP contribution in [0, 0.1) is 23.3 Å². The topological polar surface area (TPSA) is 34.1 Å². The minimum Gasteiger partial charge on any atom is -0.481 e. The van der Waals surface area contributed by atoms with Gasteiger partial charge in [0.25, 0.3) is 0 Å². The average Bonchev–Trinajstić information content (AvgIpc) is 2.46. The molecule has 1 aromatic heterocycles. The first kappa shape index (κ1) is 14.1. The van der Waals surface area contributed by atoms with E-state index in [9.17, 15) is 17.6 Å². The van der Waals surface area contributed by atoms with Gasteiger partial charge in [-0.05, 0) is 5.56 Å². The molecule has 20 heavy (non-hydrogen) atoms. The Balaban J connectivity index is 2.18. The first-order valence-corrected chi connectivity index (χ1v) is 5.58. The Morgan fingerprint density at radius 2 is 1.75 bits per heavy atom. The number of rotatable bonds is 4. The van der Waals surface area contributed by atoms with Gasteiger partial charge in [-0.1, -0.05) is 6.07 Å². The summed E-state index contributed by atoms with van der Waals surface area (Å²) < 4.78 is 57.6. The third-order valence-electron chi connectivity index (χ3n) is 2.59. The van der Waals surface area contributed by atoms with Gasteiger partial charge in [0.1, 0.15) is 5.69 Å². The summed E-state index contributed by atoms with van der Waals surface area (Å²) in [4.78, 5) is 3.89. The average molecular weight is 286 g/mol. The first-order chi connectivity index (χ1) is 9.52. The standard InChI is InChI=1S/C13H10F4N2O/c1-20-10-3-2-7(5-18-10)6-19-13-11(16)8(14)4-9(15)12(13)17/h2-5,19H,6H2,1H3. The summed E-state index contributed by atoms with van der Waals surface area (Å²) in [6.07, 6.45) is 1.41. The lowest BCUT2D eigenvalue weighted by Gasteiger charge is -2.10. The van der Waals surface area contributed by atoms with Crippen molar-refractivity contribution in [3.8, 4) is 5.88 Å². The minimum absolute atomic E-state index is 0.0479. The molecule has 0 radical (unpaired) electrons. The summed E-state index contributed by atoms with van der Waals surface area (Å²) >= 11 is 0. The normalized spacial score (nSPS) is 10.4. The SMILES string of the molecule is COc1ccc(CNc2c(F)c(F)cc(F)c2F)cn1. The smallest absolute Gasteiger partial charge is 0.212 e. The van der Waals surface area contributed by atoms with Gasteiger partial charge in [0.15, 0.2) is 23.3 Å². The Bertz CT molecular complexity index is 591. The van der Waals surface area contributed by atoms with Crippen molar-refractivity contribution in [3.63, 3.8) is 0 Å². The third-order valence-corrected chi connectivity index (χ3v) is 2.59. The number of nitrogens with zero attached hydrogens (tertiary/aromatic N) is 1. The van der Waals surface area contributed by atoms with Crippen molar-refractivity contribution in [1.29, 1.82) is 0 Å². The maximum Gasteiger partial charge on any atom is 0.212 e. The molecule has 2 aromatic rings. The number of methoxy groups -OCH3 is 1. The summed E-state index contributed by atoms with van der Waals surface area (Å²) in [5, 5.41) is 2.31. The number of ether oxygens (including phenoxy) is 1. The number of pyridine rings is 1. The van der Waals surface area contributed by atoms with Gasteiger partial charge in [-0.2, -0.15) is 0 Å². The van der Waals surface area contributed by atoms with E-state index >= 15 is 0 Å². The Morgan fingerprint density at radius 1 is 1.10 bits per heavy atom. The van der Waals surface area contributed by atoms with Gasteiger partial charge in [0.2, 0.25) is 5.88 Å². The fourth-order valence-corrected chi connectivity index (χ4v) is 1.56. The van der Waals surface area contributed by atoms with E-state index in [1.165, 1.54) is 13.3 Å². The number of hydrogen-bond acceptors (Lipinski definition) is 3. The second-order valence-electron chi connectivity index (χ2n) is 3.91. The maximum absolute atomic E-state index is 13.4. The largest absolute Gasteiger partial charge is 0.481 e. The fourth-order valence-electron chi connectivity index (χ4n) is 1.56. The first-order valence-electron chi connectivity index (χ1n) is 5.58. The summed E-state index contributed by atoms with van der Waals surface area (Å²) in [6, 6.07) is 3.31. The molecule has 106 valence electrons. The van der Waals surface area contributed by atoms with Crippen LogP contribution in [0.1, 0.15) is 5.56 Å². The van der Waals surface area contributed by atoms with Gasteiger partial charge in [0.05, 0.1) is 7.11 Å². The summed E-state index contributed by atoms with van der Waals surface area (Å²) in [5.74, 6) is -5.47. The van der Waals surface area contributed by atoms with E-state index in [0.717, 1.165) is 0 Å². The van der Waals surface area contributed by atoms with Gasteiger partial charge in [-0.25, -0.2) is 22.5 Å². The van der Waals surface area contributed by atoms with E-state index in [2.05, 4.69) is 10.3 Å². The zero-order valence-electron chi connectivity index (χ0n) is 10.4. The van der Waals surface area contributed by atoms with Crippen LogP contribution < -0.4 is 10.1 Å². The third kappa shape index (κ3) is 2.81. The van der Waals surface area contributed by atoms with Crippen LogP contribution in [0.5, 0.6) is 5.88 Å². The van der Waals surface area contributed by atoms with Crippen LogP contribution in [0.3, 0.4) is 0 Å². The number of benzene rings is 1. The lowest BCUT2D eigenvalue weighted by Crippen LogP contribution is -2.07. The van der Waals surface area contributed by atoms with Gasteiger partial charge >= 0.3 is 0 Å². The van der Waals surface area contributed by atoms with Crippen molar-refractivity contribution in [1.82, 2.24) is 4.98 Å². The van der Waals surface area contributed by atoms with E-state index in [1.807, 2.05) is 0 Å². The molecule has 0 fully saturated rings. The van der Waals surface area contributed by atoms with Gasteiger partial charge in [-0.3, -0.25) is 0 Å². The van der Waals surface area contributed by atoms with Crippen molar-refractivity contribution in [2.45, 2.75) is 6.54 Å². The van der Waals surface area contributed by atoms with Crippen LogP contribution in [0.4, 0.5) is 23.2 Å². The van der Waals surface area contributed by atoms with E-state index in [1.54, 1.807) is 12.1 Å². The predicted octanol–water partition coefficient (Wildman–Crippen LogP) is 3.26. The van der Waals surface area contributed by atoms with Crippen molar-refractivity contribution >= 4 is 5.69 Å². The van der Waals surface area contributed by atoms with Gasteiger partial charge in [0, 0.05) is 24.9 Å². The molecule has 0 aliphatic heterocycles. The van der Waals surface area contributed by atoms with Crippen LogP contribution in [0.15, 0.2) is 24.4 Å². The van der Waals surface area contributed by atoms with Crippen LogP contribution in [0.2, 0.25) is 0 Å². The monoisotopic (exact) mass is 286 g/mol. The zero-order valence-corrected chi connectivity index (χ0v) is 10.4. The molecule has 1 heterocycles. The predicted molar refractivity (Wildman–Crippen MR) is 64.4 cm³/mol. The number of anilines is 1. The number of aromatic nitrogens is 1. The zero-order chi connectivity index (χ0) is 14.7. The van der Waals surface area contributed by atoms with Crippen LogP contribution in [0.25, 0.3) is 0 Å². The maximum atomic E-state index is 13.4. The molecule has 3 nitrogen and oxygen atoms in total. The van der Waals surface area contributed by atoms with Crippen molar-refractivity contribution in [2.24, 2.45) is 0 Å². The summed E-state index contributed by atoms with van der Waals surface area (Å²) in [7, 11) is 1.44. The molecule has 0 unspecified atom stereocenters. The molecule has 0 aliphatic carbocycles. The molecule has 0 bridgehead atoms. The summed E-state index contributed by atoms with van der Waals surface area (Å²) in [6.45, 7) is -0.0479.